The Morgan fingerprint density at radius 2 is 2.08 bits per heavy atom. The molecule has 1 rings (SSSR count). The van der Waals surface area contributed by atoms with Gasteiger partial charge in [-0.15, -0.1) is 0 Å². The minimum atomic E-state index is -0.0861. The first kappa shape index (κ1) is 9.19. The fraction of sp³-hybridized carbons (Fsp3) is 0.750. The lowest BCUT2D eigenvalue weighted by Gasteiger charge is -2.10. The van der Waals surface area contributed by atoms with Gasteiger partial charge in [0.25, 0.3) is 0 Å². The van der Waals surface area contributed by atoms with Crippen molar-refractivity contribution in [3.63, 3.8) is 0 Å². The van der Waals surface area contributed by atoms with Crippen LogP contribution in [0.3, 0.4) is 0 Å². The molecule has 68 valence electrons. The molecule has 4 heteroatoms. The molecule has 0 aliphatic rings. The summed E-state index contributed by atoms with van der Waals surface area (Å²) in [6.45, 7) is 6.09. The molecular weight excluding hydrogens is 156 g/mol. The standard InChI is InChI=1S/C8H14N2O2/c1-8(2,3)7-9-6(4-5-11)12-10-7/h11H,4-5H2,1-3H3. The molecular formula is C8H14N2O2. The lowest BCUT2D eigenvalue weighted by Crippen LogP contribution is -2.13. The first-order chi connectivity index (χ1) is 5.54. The molecule has 0 amide bonds. The molecule has 1 heterocycles. The van der Waals surface area contributed by atoms with Gasteiger partial charge >= 0.3 is 0 Å². The minimum absolute atomic E-state index is 0.0474. The molecule has 12 heavy (non-hydrogen) atoms. The Morgan fingerprint density at radius 1 is 1.42 bits per heavy atom. The maximum atomic E-state index is 8.60. The van der Waals surface area contributed by atoms with Crippen LogP contribution in [0.5, 0.6) is 0 Å². The van der Waals surface area contributed by atoms with Gasteiger partial charge in [0.1, 0.15) is 0 Å². The lowest BCUT2D eigenvalue weighted by atomic mass is 9.96. The van der Waals surface area contributed by atoms with Crippen LogP contribution < -0.4 is 0 Å². The van der Waals surface area contributed by atoms with E-state index in [1.54, 1.807) is 0 Å². The Morgan fingerprint density at radius 3 is 2.50 bits per heavy atom. The van der Waals surface area contributed by atoms with E-state index in [9.17, 15) is 0 Å². The Labute approximate surface area is 71.6 Å². The normalized spacial score (nSPS) is 12.0. The first-order valence-corrected chi connectivity index (χ1v) is 3.98. The average Bonchev–Trinajstić information content (AvgIpc) is 2.35. The Hall–Kier alpha value is -0.900. The van der Waals surface area contributed by atoms with Gasteiger partial charge in [-0.25, -0.2) is 0 Å². The summed E-state index contributed by atoms with van der Waals surface area (Å²) in [5.41, 5.74) is -0.0861. The average molecular weight is 170 g/mol. The van der Waals surface area contributed by atoms with Crippen molar-refractivity contribution in [3.8, 4) is 0 Å². The van der Waals surface area contributed by atoms with Gasteiger partial charge in [-0.05, 0) is 0 Å². The predicted molar refractivity (Wildman–Crippen MR) is 43.8 cm³/mol. The number of rotatable bonds is 2. The summed E-state index contributed by atoms with van der Waals surface area (Å²) in [6, 6.07) is 0. The molecule has 0 aliphatic heterocycles. The zero-order valence-electron chi connectivity index (χ0n) is 7.66. The van der Waals surface area contributed by atoms with Gasteiger partial charge in [-0.1, -0.05) is 25.9 Å². The largest absolute Gasteiger partial charge is 0.396 e. The van der Waals surface area contributed by atoms with Crippen LogP contribution in [0, 0.1) is 0 Å². The fourth-order valence-electron chi connectivity index (χ4n) is 0.757. The Balaban J connectivity index is 2.77. The first-order valence-electron chi connectivity index (χ1n) is 3.98. The SMILES string of the molecule is CC(C)(C)c1noc(CCO)n1. The number of nitrogens with zero attached hydrogens (tertiary/aromatic N) is 2. The third-order valence-electron chi connectivity index (χ3n) is 1.46. The second-order valence-electron chi connectivity index (χ2n) is 3.74. The Kier molecular flexibility index (Phi) is 2.47. The highest BCUT2D eigenvalue weighted by atomic mass is 16.5. The van der Waals surface area contributed by atoms with Gasteiger partial charge in [0.2, 0.25) is 5.89 Å². The predicted octanol–water partition coefficient (Wildman–Crippen LogP) is 0.902. The molecule has 0 bridgehead atoms. The highest BCUT2D eigenvalue weighted by Gasteiger charge is 2.20. The summed E-state index contributed by atoms with van der Waals surface area (Å²) in [5.74, 6) is 1.19. The Bertz CT molecular complexity index is 250. The monoisotopic (exact) mass is 170 g/mol. The molecule has 0 radical (unpaired) electrons. The minimum Gasteiger partial charge on any atom is -0.396 e. The molecule has 1 aromatic rings. The maximum Gasteiger partial charge on any atom is 0.228 e. The van der Waals surface area contributed by atoms with Crippen molar-refractivity contribution in [2.24, 2.45) is 0 Å². The highest BCUT2D eigenvalue weighted by molar-refractivity contribution is 4.99. The number of aromatic nitrogens is 2. The van der Waals surface area contributed by atoms with Crippen LogP contribution in [-0.2, 0) is 11.8 Å². The molecule has 4 nitrogen and oxygen atoms in total. The van der Waals surface area contributed by atoms with E-state index in [1.165, 1.54) is 0 Å². The highest BCUT2D eigenvalue weighted by Crippen LogP contribution is 2.18. The van der Waals surface area contributed by atoms with E-state index in [-0.39, 0.29) is 12.0 Å². The van der Waals surface area contributed by atoms with E-state index in [0.717, 1.165) is 0 Å². The zero-order chi connectivity index (χ0) is 9.19. The van der Waals surface area contributed by atoms with Crippen LogP contribution >= 0.6 is 0 Å². The topological polar surface area (TPSA) is 59.2 Å². The van der Waals surface area contributed by atoms with Crippen molar-refractivity contribution < 1.29 is 9.63 Å². The second kappa shape index (κ2) is 3.23. The molecule has 1 N–H and O–H groups in total. The summed E-state index contributed by atoms with van der Waals surface area (Å²) in [4.78, 5) is 4.13. The third-order valence-corrected chi connectivity index (χ3v) is 1.46. The van der Waals surface area contributed by atoms with Crippen molar-refractivity contribution in [2.45, 2.75) is 32.6 Å². The van der Waals surface area contributed by atoms with E-state index in [4.69, 9.17) is 9.63 Å². The number of hydrogen-bond acceptors (Lipinski definition) is 4. The van der Waals surface area contributed by atoms with Crippen LogP contribution in [0.2, 0.25) is 0 Å². The molecule has 0 atom stereocenters. The summed E-state index contributed by atoms with van der Waals surface area (Å²) in [6.07, 6.45) is 0.434. The molecule has 0 aromatic carbocycles. The number of aliphatic hydroxyl groups is 1. The van der Waals surface area contributed by atoms with E-state index < -0.39 is 0 Å². The van der Waals surface area contributed by atoms with E-state index in [1.807, 2.05) is 20.8 Å². The van der Waals surface area contributed by atoms with Crippen LogP contribution in [0.1, 0.15) is 32.5 Å². The van der Waals surface area contributed by atoms with Gasteiger partial charge < -0.3 is 9.63 Å². The smallest absolute Gasteiger partial charge is 0.228 e. The fourth-order valence-corrected chi connectivity index (χ4v) is 0.757. The quantitative estimate of drug-likeness (QED) is 0.716. The zero-order valence-corrected chi connectivity index (χ0v) is 7.66. The van der Waals surface area contributed by atoms with Crippen molar-refractivity contribution in [1.82, 2.24) is 10.1 Å². The van der Waals surface area contributed by atoms with Gasteiger partial charge in [-0.3, -0.25) is 0 Å². The second-order valence-corrected chi connectivity index (χ2v) is 3.74. The lowest BCUT2D eigenvalue weighted by molar-refractivity contribution is 0.273. The van der Waals surface area contributed by atoms with Crippen molar-refractivity contribution in [2.75, 3.05) is 6.61 Å². The van der Waals surface area contributed by atoms with Gasteiger partial charge in [0.15, 0.2) is 5.82 Å². The molecule has 0 fully saturated rings. The maximum absolute atomic E-state index is 8.60. The molecule has 0 aliphatic carbocycles. The molecule has 0 saturated carbocycles. The van der Waals surface area contributed by atoms with Gasteiger partial charge in [0, 0.05) is 5.41 Å². The summed E-state index contributed by atoms with van der Waals surface area (Å²) >= 11 is 0. The molecule has 1 aromatic heterocycles. The summed E-state index contributed by atoms with van der Waals surface area (Å²) in [7, 11) is 0. The number of hydrogen-bond donors (Lipinski definition) is 1. The summed E-state index contributed by atoms with van der Waals surface area (Å²) in [5, 5.41) is 12.4. The third kappa shape index (κ3) is 2.04. The van der Waals surface area contributed by atoms with Crippen molar-refractivity contribution in [1.29, 1.82) is 0 Å². The van der Waals surface area contributed by atoms with Crippen LogP contribution in [-0.4, -0.2) is 21.9 Å². The molecule has 0 saturated heterocycles. The van der Waals surface area contributed by atoms with Gasteiger partial charge in [-0.2, -0.15) is 4.98 Å². The van der Waals surface area contributed by atoms with E-state index >= 15 is 0 Å². The van der Waals surface area contributed by atoms with Crippen molar-refractivity contribution >= 4 is 0 Å². The van der Waals surface area contributed by atoms with Crippen LogP contribution in [0.25, 0.3) is 0 Å². The van der Waals surface area contributed by atoms with Crippen molar-refractivity contribution in [3.05, 3.63) is 11.7 Å². The summed E-state index contributed by atoms with van der Waals surface area (Å²) < 4.78 is 4.91. The van der Waals surface area contributed by atoms with E-state index in [0.29, 0.717) is 18.1 Å². The van der Waals surface area contributed by atoms with E-state index in [2.05, 4.69) is 10.1 Å². The van der Waals surface area contributed by atoms with Gasteiger partial charge in [0.05, 0.1) is 13.0 Å². The van der Waals surface area contributed by atoms with Crippen LogP contribution in [0.4, 0.5) is 0 Å². The van der Waals surface area contributed by atoms with Crippen LogP contribution in [0.15, 0.2) is 4.52 Å². The molecule has 0 unspecified atom stereocenters. The number of aliphatic hydroxyl groups excluding tert-OH is 1. The molecule has 0 spiro atoms.